The summed E-state index contributed by atoms with van der Waals surface area (Å²) in [7, 11) is 0. The third-order valence-electron chi connectivity index (χ3n) is 5.16. The monoisotopic (exact) mass is 266 g/mol. The molecule has 0 bridgehead atoms. The number of rotatable bonds is 3. The van der Waals surface area contributed by atoms with Gasteiger partial charge in [0.1, 0.15) is 6.10 Å². The normalized spacial score (nSPS) is 41.7. The van der Waals surface area contributed by atoms with Gasteiger partial charge < -0.3 is 9.47 Å². The number of carbonyl (C=O) groups excluding carboxylic acids is 1. The van der Waals surface area contributed by atoms with Gasteiger partial charge in [-0.15, -0.1) is 0 Å². The predicted molar refractivity (Wildman–Crippen MR) is 74.7 cm³/mol. The van der Waals surface area contributed by atoms with E-state index in [0.29, 0.717) is 17.9 Å². The zero-order chi connectivity index (χ0) is 14.4. The number of hydrogen-bond acceptors (Lipinski definition) is 3. The SMILES string of the molecule is CC(=O)O[C@H](C)/C=C/[C@@H]1C(C)(C)[C@H](C)C[C@H]2O[C@@]12C. The van der Waals surface area contributed by atoms with Crippen LogP contribution in [0.2, 0.25) is 0 Å². The molecule has 1 saturated heterocycles. The fraction of sp³-hybridized carbons (Fsp3) is 0.812. The van der Waals surface area contributed by atoms with Crippen LogP contribution in [0.15, 0.2) is 12.2 Å². The Morgan fingerprint density at radius 1 is 1.42 bits per heavy atom. The van der Waals surface area contributed by atoms with E-state index in [1.807, 2.05) is 13.0 Å². The molecule has 0 aromatic heterocycles. The van der Waals surface area contributed by atoms with Crippen molar-refractivity contribution in [1.82, 2.24) is 0 Å². The van der Waals surface area contributed by atoms with Gasteiger partial charge in [0.25, 0.3) is 0 Å². The first-order valence-corrected chi connectivity index (χ1v) is 7.21. The van der Waals surface area contributed by atoms with Crippen LogP contribution in [0.25, 0.3) is 0 Å². The van der Waals surface area contributed by atoms with Crippen molar-refractivity contribution in [3.63, 3.8) is 0 Å². The molecular formula is C16H26O3. The lowest BCUT2D eigenvalue weighted by atomic mass is 9.59. The van der Waals surface area contributed by atoms with E-state index in [0.717, 1.165) is 6.42 Å². The van der Waals surface area contributed by atoms with Crippen molar-refractivity contribution in [2.75, 3.05) is 0 Å². The van der Waals surface area contributed by atoms with Crippen LogP contribution in [0.3, 0.4) is 0 Å². The Hall–Kier alpha value is -0.830. The second-order valence-electron chi connectivity index (χ2n) is 6.93. The van der Waals surface area contributed by atoms with Gasteiger partial charge in [-0.1, -0.05) is 26.8 Å². The summed E-state index contributed by atoms with van der Waals surface area (Å²) in [6.45, 7) is 12.5. The zero-order valence-corrected chi connectivity index (χ0v) is 12.9. The fourth-order valence-electron chi connectivity index (χ4n) is 3.51. The molecule has 0 aromatic rings. The molecule has 3 nitrogen and oxygen atoms in total. The summed E-state index contributed by atoms with van der Waals surface area (Å²) in [6.07, 6.45) is 5.56. The highest BCUT2D eigenvalue weighted by atomic mass is 16.6. The average molecular weight is 266 g/mol. The molecule has 0 radical (unpaired) electrons. The molecule has 0 aromatic carbocycles. The van der Waals surface area contributed by atoms with Gasteiger partial charge in [-0.25, -0.2) is 0 Å². The smallest absolute Gasteiger partial charge is 0.303 e. The first-order chi connectivity index (χ1) is 8.68. The Morgan fingerprint density at radius 3 is 2.63 bits per heavy atom. The molecule has 1 heterocycles. The summed E-state index contributed by atoms with van der Waals surface area (Å²) < 4.78 is 11.1. The maximum Gasteiger partial charge on any atom is 0.303 e. The van der Waals surface area contributed by atoms with Crippen molar-refractivity contribution < 1.29 is 14.3 Å². The van der Waals surface area contributed by atoms with Crippen molar-refractivity contribution in [3.8, 4) is 0 Å². The highest BCUT2D eigenvalue weighted by Gasteiger charge is 2.65. The molecule has 0 N–H and O–H groups in total. The summed E-state index contributed by atoms with van der Waals surface area (Å²) in [5, 5.41) is 0. The van der Waals surface area contributed by atoms with Gasteiger partial charge in [-0.05, 0) is 37.7 Å². The molecule has 1 aliphatic carbocycles. The molecule has 3 heteroatoms. The van der Waals surface area contributed by atoms with E-state index in [9.17, 15) is 4.79 Å². The number of esters is 1. The highest BCUT2D eigenvalue weighted by Crippen LogP contribution is 2.60. The van der Waals surface area contributed by atoms with E-state index in [-0.39, 0.29) is 23.1 Å². The summed E-state index contributed by atoms with van der Waals surface area (Å²) in [5.74, 6) is 0.763. The molecule has 2 fully saturated rings. The number of epoxide rings is 1. The average Bonchev–Trinajstić information content (AvgIpc) is 2.87. The van der Waals surface area contributed by atoms with E-state index in [4.69, 9.17) is 9.47 Å². The predicted octanol–water partition coefficient (Wildman–Crippen LogP) is 3.33. The van der Waals surface area contributed by atoms with Crippen LogP contribution in [0, 0.1) is 17.3 Å². The topological polar surface area (TPSA) is 38.8 Å². The van der Waals surface area contributed by atoms with E-state index in [1.165, 1.54) is 6.92 Å². The van der Waals surface area contributed by atoms with E-state index in [1.54, 1.807) is 0 Å². The van der Waals surface area contributed by atoms with Gasteiger partial charge in [0.15, 0.2) is 0 Å². The van der Waals surface area contributed by atoms with Gasteiger partial charge in [-0.3, -0.25) is 4.79 Å². The zero-order valence-electron chi connectivity index (χ0n) is 12.9. The Bertz CT molecular complexity index is 399. The Morgan fingerprint density at radius 2 is 2.05 bits per heavy atom. The van der Waals surface area contributed by atoms with E-state index < -0.39 is 0 Å². The minimum absolute atomic E-state index is 0.0253. The molecule has 1 saturated carbocycles. The van der Waals surface area contributed by atoms with Crippen LogP contribution >= 0.6 is 0 Å². The Labute approximate surface area is 116 Å². The fourth-order valence-corrected chi connectivity index (χ4v) is 3.51. The van der Waals surface area contributed by atoms with E-state index >= 15 is 0 Å². The Balaban J connectivity index is 2.12. The Kier molecular flexibility index (Phi) is 3.54. The van der Waals surface area contributed by atoms with Gasteiger partial charge in [0.2, 0.25) is 0 Å². The van der Waals surface area contributed by atoms with Crippen LogP contribution in [0.5, 0.6) is 0 Å². The lowest BCUT2D eigenvalue weighted by molar-refractivity contribution is -0.143. The highest BCUT2D eigenvalue weighted by molar-refractivity contribution is 5.66. The molecule has 5 atom stereocenters. The summed E-state index contributed by atoms with van der Waals surface area (Å²) >= 11 is 0. The van der Waals surface area contributed by atoms with Crippen molar-refractivity contribution in [1.29, 1.82) is 0 Å². The lowest BCUT2D eigenvalue weighted by Crippen LogP contribution is -2.44. The van der Waals surface area contributed by atoms with Crippen LogP contribution in [0.4, 0.5) is 0 Å². The minimum Gasteiger partial charge on any atom is -0.459 e. The maximum absolute atomic E-state index is 10.9. The third kappa shape index (κ3) is 2.58. The van der Waals surface area contributed by atoms with Crippen molar-refractivity contribution in [2.24, 2.45) is 17.3 Å². The standard InChI is InChI=1S/C16H26O3/c1-10-9-14-16(6,19-14)13(15(10,4)5)8-7-11(2)18-12(3)17/h7-8,10-11,13-14H,9H2,1-6H3/b8-7+/t10-,11-,13-,14-,16+/m1/s1. The molecular weight excluding hydrogens is 240 g/mol. The van der Waals surface area contributed by atoms with Crippen molar-refractivity contribution in [2.45, 2.75) is 65.8 Å². The summed E-state index contributed by atoms with van der Waals surface area (Å²) in [6, 6.07) is 0. The van der Waals surface area contributed by atoms with Gasteiger partial charge >= 0.3 is 5.97 Å². The molecule has 2 rings (SSSR count). The van der Waals surface area contributed by atoms with Crippen LogP contribution in [0.1, 0.15) is 48.0 Å². The molecule has 2 aliphatic rings. The van der Waals surface area contributed by atoms with E-state index in [2.05, 4.69) is 33.8 Å². The quantitative estimate of drug-likeness (QED) is 0.447. The molecule has 0 unspecified atom stereocenters. The first kappa shape index (κ1) is 14.6. The molecule has 108 valence electrons. The van der Waals surface area contributed by atoms with Crippen LogP contribution in [-0.2, 0) is 14.3 Å². The summed E-state index contributed by atoms with van der Waals surface area (Å²) in [5.41, 5.74) is 0.177. The minimum atomic E-state index is -0.236. The lowest BCUT2D eigenvalue weighted by Gasteiger charge is -2.43. The second kappa shape index (κ2) is 4.62. The van der Waals surface area contributed by atoms with Gasteiger partial charge in [0.05, 0.1) is 11.7 Å². The number of ether oxygens (including phenoxy) is 2. The molecule has 19 heavy (non-hydrogen) atoms. The van der Waals surface area contributed by atoms with Gasteiger partial charge in [0, 0.05) is 12.8 Å². The summed E-state index contributed by atoms with van der Waals surface area (Å²) in [4.78, 5) is 10.9. The van der Waals surface area contributed by atoms with Crippen molar-refractivity contribution >= 4 is 5.97 Å². The number of hydrogen-bond donors (Lipinski definition) is 0. The molecule has 1 aliphatic heterocycles. The van der Waals surface area contributed by atoms with Crippen molar-refractivity contribution in [3.05, 3.63) is 12.2 Å². The molecule has 0 amide bonds. The number of carbonyl (C=O) groups is 1. The largest absolute Gasteiger partial charge is 0.459 e. The first-order valence-electron chi connectivity index (χ1n) is 7.21. The van der Waals surface area contributed by atoms with Crippen LogP contribution < -0.4 is 0 Å². The number of fused-ring (bicyclic) bond motifs is 1. The van der Waals surface area contributed by atoms with Gasteiger partial charge in [-0.2, -0.15) is 0 Å². The third-order valence-corrected chi connectivity index (χ3v) is 5.16. The maximum atomic E-state index is 10.9. The van der Waals surface area contributed by atoms with Crippen LogP contribution in [-0.4, -0.2) is 23.8 Å². The molecule has 0 spiro atoms. The second-order valence-corrected chi connectivity index (χ2v) is 6.93.